The predicted molar refractivity (Wildman–Crippen MR) is 94.7 cm³/mol. The molecule has 0 unspecified atom stereocenters. The first-order valence-corrected chi connectivity index (χ1v) is 7.70. The number of ether oxygens (including phenoxy) is 1. The third-order valence-electron chi connectivity index (χ3n) is 3.86. The van der Waals surface area contributed by atoms with Crippen molar-refractivity contribution in [2.75, 3.05) is 13.2 Å². The van der Waals surface area contributed by atoms with Crippen LogP contribution in [0, 0.1) is 0 Å². The van der Waals surface area contributed by atoms with Gasteiger partial charge in [0, 0.05) is 13.0 Å². The summed E-state index contributed by atoms with van der Waals surface area (Å²) in [6.45, 7) is 4.32. The first-order chi connectivity index (χ1) is 11.3. The third-order valence-corrected chi connectivity index (χ3v) is 3.86. The van der Waals surface area contributed by atoms with E-state index in [0.29, 0.717) is 19.6 Å². The summed E-state index contributed by atoms with van der Waals surface area (Å²) in [6, 6.07) is 18.8. The predicted octanol–water partition coefficient (Wildman–Crippen LogP) is 4.45. The molecule has 3 rings (SSSR count). The van der Waals surface area contributed by atoms with Gasteiger partial charge in [-0.15, -0.1) is 6.58 Å². The SMILES string of the molecule is C=CCNC(=O)OCCc1c2ccccc2cc2ccccc12. The highest BCUT2D eigenvalue weighted by Gasteiger charge is 2.08. The molecule has 3 nitrogen and oxygen atoms in total. The molecule has 3 aromatic carbocycles. The van der Waals surface area contributed by atoms with Gasteiger partial charge in [0.2, 0.25) is 0 Å². The molecule has 0 heterocycles. The Hall–Kier alpha value is -2.81. The molecule has 0 spiro atoms. The van der Waals surface area contributed by atoms with E-state index in [1.807, 2.05) is 24.3 Å². The van der Waals surface area contributed by atoms with Crippen LogP contribution in [0.3, 0.4) is 0 Å². The van der Waals surface area contributed by atoms with E-state index in [2.05, 4.69) is 42.2 Å². The number of carbonyl (C=O) groups is 1. The van der Waals surface area contributed by atoms with Crippen LogP contribution in [-0.4, -0.2) is 19.2 Å². The maximum absolute atomic E-state index is 11.5. The third kappa shape index (κ3) is 3.34. The van der Waals surface area contributed by atoms with Crippen molar-refractivity contribution in [3.8, 4) is 0 Å². The molecule has 1 amide bonds. The van der Waals surface area contributed by atoms with Crippen molar-refractivity contribution in [3.63, 3.8) is 0 Å². The first-order valence-electron chi connectivity index (χ1n) is 7.70. The zero-order valence-corrected chi connectivity index (χ0v) is 12.9. The second kappa shape index (κ2) is 6.97. The molecule has 3 heteroatoms. The Bertz CT molecular complexity index is 801. The molecule has 1 N–H and O–H groups in total. The Kier molecular flexibility index (Phi) is 4.57. The molecule has 0 aliphatic rings. The molecule has 0 aliphatic carbocycles. The molecule has 3 aromatic rings. The van der Waals surface area contributed by atoms with Crippen molar-refractivity contribution < 1.29 is 9.53 Å². The first kappa shape index (κ1) is 15.1. The minimum atomic E-state index is -0.408. The number of nitrogens with one attached hydrogen (secondary N) is 1. The lowest BCUT2D eigenvalue weighted by Gasteiger charge is -2.12. The van der Waals surface area contributed by atoms with Gasteiger partial charge in [-0.05, 0) is 33.2 Å². The molecule has 0 radical (unpaired) electrons. The Morgan fingerprint density at radius 2 is 1.65 bits per heavy atom. The largest absolute Gasteiger partial charge is 0.449 e. The Balaban J connectivity index is 1.88. The fourth-order valence-corrected chi connectivity index (χ4v) is 2.83. The number of fused-ring (bicyclic) bond motifs is 2. The second-order valence-electron chi connectivity index (χ2n) is 5.35. The molecular weight excluding hydrogens is 286 g/mol. The normalized spacial score (nSPS) is 10.6. The minimum absolute atomic E-state index is 0.348. The second-order valence-corrected chi connectivity index (χ2v) is 5.35. The highest BCUT2D eigenvalue weighted by molar-refractivity contribution is 6.02. The molecule has 0 saturated heterocycles. The highest BCUT2D eigenvalue weighted by atomic mass is 16.5. The van der Waals surface area contributed by atoms with Crippen molar-refractivity contribution in [1.82, 2.24) is 5.32 Å². The molecule has 116 valence electrons. The van der Waals surface area contributed by atoms with Crippen molar-refractivity contribution in [2.24, 2.45) is 0 Å². The number of hydrogen-bond donors (Lipinski definition) is 1. The van der Waals surface area contributed by atoms with Gasteiger partial charge in [-0.3, -0.25) is 0 Å². The van der Waals surface area contributed by atoms with Crippen LogP contribution in [0.5, 0.6) is 0 Å². The molecule has 0 bridgehead atoms. The maximum atomic E-state index is 11.5. The number of alkyl carbamates (subject to hydrolysis) is 1. The minimum Gasteiger partial charge on any atom is -0.449 e. The number of carbonyl (C=O) groups excluding carboxylic acids is 1. The average molecular weight is 305 g/mol. The summed E-state index contributed by atoms with van der Waals surface area (Å²) in [5, 5.41) is 7.44. The number of amides is 1. The topological polar surface area (TPSA) is 38.3 Å². The van der Waals surface area contributed by atoms with E-state index in [0.717, 1.165) is 0 Å². The van der Waals surface area contributed by atoms with E-state index in [1.165, 1.54) is 27.1 Å². The van der Waals surface area contributed by atoms with Crippen molar-refractivity contribution in [1.29, 1.82) is 0 Å². The molecular formula is C20H19NO2. The van der Waals surface area contributed by atoms with Crippen LogP contribution in [0.2, 0.25) is 0 Å². The van der Waals surface area contributed by atoms with Crippen LogP contribution in [0.25, 0.3) is 21.5 Å². The molecule has 0 fully saturated rings. The lowest BCUT2D eigenvalue weighted by molar-refractivity contribution is 0.149. The smallest absolute Gasteiger partial charge is 0.407 e. The summed E-state index contributed by atoms with van der Waals surface area (Å²) in [4.78, 5) is 11.5. The van der Waals surface area contributed by atoms with E-state index in [4.69, 9.17) is 4.74 Å². The summed E-state index contributed by atoms with van der Waals surface area (Å²) < 4.78 is 5.25. The lowest BCUT2D eigenvalue weighted by Crippen LogP contribution is -2.24. The van der Waals surface area contributed by atoms with Crippen molar-refractivity contribution in [2.45, 2.75) is 6.42 Å². The molecule has 23 heavy (non-hydrogen) atoms. The molecule has 0 aliphatic heterocycles. The maximum Gasteiger partial charge on any atom is 0.407 e. The van der Waals surface area contributed by atoms with Crippen LogP contribution in [0.1, 0.15) is 5.56 Å². The summed E-state index contributed by atoms with van der Waals surface area (Å²) in [7, 11) is 0. The summed E-state index contributed by atoms with van der Waals surface area (Å²) in [5.41, 5.74) is 1.22. The summed E-state index contributed by atoms with van der Waals surface area (Å²) in [5.74, 6) is 0. The molecule has 0 atom stereocenters. The van der Waals surface area contributed by atoms with Crippen LogP contribution in [0.4, 0.5) is 4.79 Å². The van der Waals surface area contributed by atoms with Gasteiger partial charge in [-0.25, -0.2) is 4.79 Å². The highest BCUT2D eigenvalue weighted by Crippen LogP contribution is 2.28. The average Bonchev–Trinajstić information content (AvgIpc) is 2.59. The van der Waals surface area contributed by atoms with Crippen molar-refractivity contribution >= 4 is 27.6 Å². The van der Waals surface area contributed by atoms with Gasteiger partial charge in [-0.2, -0.15) is 0 Å². The van der Waals surface area contributed by atoms with Gasteiger partial charge in [0.05, 0.1) is 6.61 Å². The molecule has 0 saturated carbocycles. The van der Waals surface area contributed by atoms with Gasteiger partial charge in [0.1, 0.15) is 0 Å². The monoisotopic (exact) mass is 305 g/mol. The van der Waals surface area contributed by atoms with E-state index < -0.39 is 6.09 Å². The number of rotatable bonds is 5. The van der Waals surface area contributed by atoms with Gasteiger partial charge in [0.25, 0.3) is 0 Å². The van der Waals surface area contributed by atoms with Crippen LogP contribution in [0.15, 0.2) is 67.3 Å². The van der Waals surface area contributed by atoms with Crippen molar-refractivity contribution in [3.05, 3.63) is 72.8 Å². The van der Waals surface area contributed by atoms with Gasteiger partial charge < -0.3 is 10.1 Å². The van der Waals surface area contributed by atoms with Gasteiger partial charge in [0.15, 0.2) is 0 Å². The Labute approximate surface area is 135 Å². The quantitative estimate of drug-likeness (QED) is 0.559. The molecule has 0 aromatic heterocycles. The lowest BCUT2D eigenvalue weighted by atomic mass is 9.95. The Morgan fingerprint density at radius 1 is 1.04 bits per heavy atom. The summed E-state index contributed by atoms with van der Waals surface area (Å²) in [6.07, 6.45) is 1.90. The van der Waals surface area contributed by atoms with E-state index in [-0.39, 0.29) is 0 Å². The van der Waals surface area contributed by atoms with Gasteiger partial charge in [-0.1, -0.05) is 54.6 Å². The zero-order chi connectivity index (χ0) is 16.1. The zero-order valence-electron chi connectivity index (χ0n) is 12.9. The van der Waals surface area contributed by atoms with Crippen LogP contribution in [-0.2, 0) is 11.2 Å². The number of hydrogen-bond acceptors (Lipinski definition) is 2. The van der Waals surface area contributed by atoms with E-state index in [1.54, 1.807) is 6.08 Å². The van der Waals surface area contributed by atoms with Crippen LogP contribution < -0.4 is 5.32 Å². The van der Waals surface area contributed by atoms with E-state index in [9.17, 15) is 4.79 Å². The summed E-state index contributed by atoms with van der Waals surface area (Å²) >= 11 is 0. The fourth-order valence-electron chi connectivity index (χ4n) is 2.83. The van der Waals surface area contributed by atoms with Crippen LogP contribution >= 0.6 is 0 Å². The van der Waals surface area contributed by atoms with Gasteiger partial charge >= 0.3 is 6.09 Å². The standard InChI is InChI=1S/C20H19NO2/c1-2-12-21-20(22)23-13-11-19-17-9-5-3-7-15(17)14-16-8-4-6-10-18(16)19/h2-10,14H,1,11-13H2,(H,21,22). The Morgan fingerprint density at radius 3 is 2.26 bits per heavy atom. The van der Waals surface area contributed by atoms with E-state index >= 15 is 0 Å². The fraction of sp³-hybridized carbons (Fsp3) is 0.150. The number of benzene rings is 3.